The normalized spacial score (nSPS) is 12.0. The van der Waals surface area contributed by atoms with E-state index in [1.165, 1.54) is 11.8 Å². The van der Waals surface area contributed by atoms with E-state index in [1.54, 1.807) is 23.7 Å². The third kappa shape index (κ3) is 4.81. The lowest BCUT2D eigenvalue weighted by Crippen LogP contribution is -2.27. The van der Waals surface area contributed by atoms with Gasteiger partial charge in [0.15, 0.2) is 11.0 Å². The quantitative estimate of drug-likeness (QED) is 0.371. The van der Waals surface area contributed by atoms with Gasteiger partial charge in [-0.1, -0.05) is 35.5 Å². The number of nitrogens with one attached hydrogen (secondary N) is 1. The van der Waals surface area contributed by atoms with Crippen molar-refractivity contribution in [1.29, 1.82) is 0 Å². The van der Waals surface area contributed by atoms with Crippen LogP contribution in [0.3, 0.4) is 0 Å². The van der Waals surface area contributed by atoms with Crippen molar-refractivity contribution in [3.63, 3.8) is 0 Å². The molecule has 0 aliphatic heterocycles. The number of halogens is 1. The van der Waals surface area contributed by atoms with Gasteiger partial charge in [0.25, 0.3) is 0 Å². The van der Waals surface area contributed by atoms with E-state index in [1.807, 2.05) is 66.3 Å². The van der Waals surface area contributed by atoms with Crippen molar-refractivity contribution in [3.05, 3.63) is 75.7 Å². The topological polar surface area (TPSA) is 72.7 Å². The molecule has 1 N–H and O–H groups in total. The van der Waals surface area contributed by atoms with E-state index < -0.39 is 0 Å². The number of carbonyl (C=O) groups excluding carboxylic acids is 1. The van der Waals surface area contributed by atoms with Crippen LogP contribution in [-0.2, 0) is 4.79 Å². The molecule has 3 heterocycles. The predicted octanol–water partition coefficient (Wildman–Crippen LogP) is 5.32. The van der Waals surface area contributed by atoms with Gasteiger partial charge in [0.05, 0.1) is 17.5 Å². The van der Waals surface area contributed by atoms with Gasteiger partial charge in [-0.05, 0) is 55.1 Å². The molecule has 31 heavy (non-hydrogen) atoms. The van der Waals surface area contributed by atoms with Crippen molar-refractivity contribution >= 4 is 40.6 Å². The summed E-state index contributed by atoms with van der Waals surface area (Å²) in [6.07, 6.45) is 3.43. The minimum absolute atomic E-state index is 0.0338. The molecule has 0 fully saturated rings. The number of amides is 1. The Kier molecular flexibility index (Phi) is 6.70. The molecule has 0 spiro atoms. The lowest BCUT2D eigenvalue weighted by molar-refractivity contribution is -0.119. The Morgan fingerprint density at radius 3 is 2.74 bits per heavy atom. The highest BCUT2D eigenvalue weighted by Crippen LogP contribution is 2.31. The van der Waals surface area contributed by atoms with E-state index >= 15 is 0 Å². The Morgan fingerprint density at radius 1 is 1.19 bits per heavy atom. The number of carbonyl (C=O) groups is 1. The van der Waals surface area contributed by atoms with Gasteiger partial charge >= 0.3 is 0 Å². The van der Waals surface area contributed by atoms with E-state index in [-0.39, 0.29) is 17.7 Å². The fourth-order valence-corrected chi connectivity index (χ4v) is 4.79. The first-order valence-corrected chi connectivity index (χ1v) is 11.9. The van der Waals surface area contributed by atoms with Gasteiger partial charge in [-0.3, -0.25) is 14.3 Å². The molecule has 158 valence electrons. The van der Waals surface area contributed by atoms with Crippen LogP contribution >= 0.6 is 34.7 Å². The summed E-state index contributed by atoms with van der Waals surface area (Å²) in [5, 5.41) is 15.1. The molecular weight excluding hydrogens is 450 g/mol. The average Bonchev–Trinajstić information content (AvgIpc) is 3.45. The number of pyridine rings is 1. The number of nitrogens with zero attached hydrogens (tertiary/aromatic N) is 4. The van der Waals surface area contributed by atoms with Crippen LogP contribution in [0.2, 0.25) is 5.02 Å². The molecule has 6 nitrogen and oxygen atoms in total. The van der Waals surface area contributed by atoms with E-state index in [2.05, 4.69) is 20.5 Å². The first kappa shape index (κ1) is 21.5. The van der Waals surface area contributed by atoms with Crippen molar-refractivity contribution in [2.75, 3.05) is 5.75 Å². The fraction of sp³-hybridized carbons (Fsp3) is 0.182. The molecule has 0 radical (unpaired) electrons. The molecule has 0 saturated carbocycles. The second-order valence-corrected chi connectivity index (χ2v) is 9.18. The Balaban J connectivity index is 1.61. The largest absolute Gasteiger partial charge is 0.348 e. The minimum Gasteiger partial charge on any atom is -0.348 e. The summed E-state index contributed by atoms with van der Waals surface area (Å²) in [7, 11) is 0. The van der Waals surface area contributed by atoms with E-state index in [0.29, 0.717) is 16.0 Å². The van der Waals surface area contributed by atoms with Crippen LogP contribution in [0.25, 0.3) is 17.1 Å². The third-order valence-corrected chi connectivity index (χ3v) is 7.13. The smallest absolute Gasteiger partial charge is 0.230 e. The molecule has 1 unspecified atom stereocenters. The van der Waals surface area contributed by atoms with Crippen LogP contribution in [0.5, 0.6) is 0 Å². The molecule has 4 aromatic rings. The highest BCUT2D eigenvalue weighted by atomic mass is 35.5. The number of rotatable bonds is 7. The Morgan fingerprint density at radius 2 is 2.00 bits per heavy atom. The second kappa shape index (κ2) is 9.64. The summed E-state index contributed by atoms with van der Waals surface area (Å²) in [5.74, 6) is 0.834. The zero-order valence-corrected chi connectivity index (χ0v) is 19.3. The zero-order chi connectivity index (χ0) is 21.8. The Labute approximate surface area is 193 Å². The van der Waals surface area contributed by atoms with Gasteiger partial charge in [0, 0.05) is 27.9 Å². The summed E-state index contributed by atoms with van der Waals surface area (Å²) in [6, 6.07) is 13.4. The molecule has 4 rings (SSSR count). The van der Waals surface area contributed by atoms with Crippen LogP contribution in [0.1, 0.15) is 23.4 Å². The summed E-state index contributed by atoms with van der Waals surface area (Å²) in [5.41, 5.74) is 2.67. The molecule has 0 bridgehead atoms. The van der Waals surface area contributed by atoms with Crippen LogP contribution in [0, 0.1) is 6.92 Å². The first-order valence-electron chi connectivity index (χ1n) is 9.61. The number of aromatic nitrogens is 4. The monoisotopic (exact) mass is 469 g/mol. The Hall–Kier alpha value is -2.68. The van der Waals surface area contributed by atoms with E-state index in [4.69, 9.17) is 11.6 Å². The molecule has 9 heteroatoms. The molecule has 1 atom stereocenters. The maximum atomic E-state index is 12.6. The maximum absolute atomic E-state index is 12.6. The summed E-state index contributed by atoms with van der Waals surface area (Å²) in [6.45, 7) is 3.94. The van der Waals surface area contributed by atoms with Gasteiger partial charge in [-0.25, -0.2) is 0 Å². The van der Waals surface area contributed by atoms with Crippen LogP contribution < -0.4 is 5.32 Å². The van der Waals surface area contributed by atoms with Crippen LogP contribution in [0.4, 0.5) is 0 Å². The molecule has 0 aliphatic rings. The number of hydrogen-bond donors (Lipinski definition) is 1. The predicted molar refractivity (Wildman–Crippen MR) is 126 cm³/mol. The highest BCUT2D eigenvalue weighted by Gasteiger charge is 2.20. The Bertz CT molecular complexity index is 1180. The summed E-state index contributed by atoms with van der Waals surface area (Å²) in [4.78, 5) is 17.8. The van der Waals surface area contributed by atoms with Crippen molar-refractivity contribution in [3.8, 4) is 17.1 Å². The minimum atomic E-state index is -0.0614. The van der Waals surface area contributed by atoms with Crippen molar-refractivity contribution < 1.29 is 4.79 Å². The lowest BCUT2D eigenvalue weighted by atomic mass is 10.2. The number of thioether (sulfide) groups is 1. The van der Waals surface area contributed by atoms with Gasteiger partial charge in [0.1, 0.15) is 0 Å². The standard InChI is InChI=1S/C22H20ClN5OS2/c1-14-17(23)5-3-6-18(14)28-21(16-8-10-24-11-9-16)26-27-22(28)31-13-20(29)25-15(2)19-7-4-12-30-19/h3-12,15H,13H2,1-2H3,(H,25,29). The molecular formula is C22H20ClN5OS2. The lowest BCUT2D eigenvalue weighted by Gasteiger charge is -2.14. The summed E-state index contributed by atoms with van der Waals surface area (Å²) < 4.78 is 1.94. The zero-order valence-electron chi connectivity index (χ0n) is 16.9. The fourth-order valence-electron chi connectivity index (χ4n) is 3.13. The number of thiophene rings is 1. The van der Waals surface area contributed by atoms with Crippen LogP contribution in [-0.4, -0.2) is 31.4 Å². The second-order valence-electron chi connectivity index (χ2n) is 6.85. The molecule has 3 aromatic heterocycles. The maximum Gasteiger partial charge on any atom is 0.230 e. The average molecular weight is 470 g/mol. The van der Waals surface area contributed by atoms with Crippen molar-refractivity contribution in [2.24, 2.45) is 0 Å². The van der Waals surface area contributed by atoms with E-state index in [9.17, 15) is 4.79 Å². The first-order chi connectivity index (χ1) is 15.0. The van der Waals surface area contributed by atoms with Crippen molar-refractivity contribution in [1.82, 2.24) is 25.1 Å². The van der Waals surface area contributed by atoms with Gasteiger partial charge in [-0.15, -0.1) is 21.5 Å². The molecule has 0 aliphatic carbocycles. The van der Waals surface area contributed by atoms with Gasteiger partial charge in [0.2, 0.25) is 5.91 Å². The van der Waals surface area contributed by atoms with E-state index in [0.717, 1.165) is 21.7 Å². The SMILES string of the molecule is Cc1c(Cl)cccc1-n1c(SCC(=O)NC(C)c2cccs2)nnc1-c1ccncc1. The third-order valence-electron chi connectivity index (χ3n) is 4.73. The number of hydrogen-bond acceptors (Lipinski definition) is 6. The van der Waals surface area contributed by atoms with Crippen LogP contribution in [0.15, 0.2) is 65.4 Å². The van der Waals surface area contributed by atoms with Gasteiger partial charge in [-0.2, -0.15) is 0 Å². The molecule has 1 amide bonds. The summed E-state index contributed by atoms with van der Waals surface area (Å²) >= 11 is 9.35. The molecule has 0 saturated heterocycles. The number of benzene rings is 1. The van der Waals surface area contributed by atoms with Crippen molar-refractivity contribution in [2.45, 2.75) is 25.0 Å². The highest BCUT2D eigenvalue weighted by molar-refractivity contribution is 7.99. The van der Waals surface area contributed by atoms with Gasteiger partial charge < -0.3 is 5.32 Å². The molecule has 1 aromatic carbocycles.